The van der Waals surface area contributed by atoms with Gasteiger partial charge in [-0.15, -0.1) is 0 Å². The summed E-state index contributed by atoms with van der Waals surface area (Å²) in [5.74, 6) is 0. The van der Waals surface area contributed by atoms with E-state index >= 15 is 0 Å². The summed E-state index contributed by atoms with van der Waals surface area (Å²) in [5.41, 5.74) is 0. The Bertz CT molecular complexity index is 64.6. The first kappa shape index (κ1) is 10.1. The van der Waals surface area contributed by atoms with E-state index in [0.29, 0.717) is 0 Å². The highest BCUT2D eigenvalue weighted by molar-refractivity contribution is 6.55. The number of nitrogens with one attached hydrogen (secondary N) is 2. The van der Waals surface area contributed by atoms with Crippen molar-refractivity contribution in [3.8, 4) is 0 Å². The minimum Gasteiger partial charge on any atom is -0.328 e. The van der Waals surface area contributed by atoms with Crippen molar-refractivity contribution < 1.29 is 0 Å². The summed E-state index contributed by atoms with van der Waals surface area (Å²) in [6.07, 6.45) is 0. The van der Waals surface area contributed by atoms with Crippen LogP contribution in [0.1, 0.15) is 20.8 Å². The highest BCUT2D eigenvalue weighted by Gasteiger charge is 2.01. The van der Waals surface area contributed by atoms with E-state index in [1.54, 1.807) is 0 Å². The van der Waals surface area contributed by atoms with Crippen molar-refractivity contribution in [1.82, 2.24) is 10.3 Å². The summed E-state index contributed by atoms with van der Waals surface area (Å²) in [6, 6.07) is 2.73. The fourth-order valence-corrected chi connectivity index (χ4v) is 2.51. The van der Waals surface area contributed by atoms with Crippen molar-refractivity contribution in [3.63, 3.8) is 0 Å². The van der Waals surface area contributed by atoms with Crippen molar-refractivity contribution in [2.24, 2.45) is 0 Å². The zero-order valence-electron chi connectivity index (χ0n) is 7.41. The van der Waals surface area contributed by atoms with Crippen molar-refractivity contribution in [1.29, 1.82) is 0 Å². The molecule has 0 aromatic heterocycles. The fraction of sp³-hybridized carbons (Fsp3) is 1.00. The van der Waals surface area contributed by atoms with Crippen LogP contribution in [0.15, 0.2) is 0 Å². The van der Waals surface area contributed by atoms with Crippen LogP contribution in [-0.4, -0.2) is 22.2 Å². The minimum absolute atomic E-state index is 0.536. The summed E-state index contributed by atoms with van der Waals surface area (Å²) in [6.45, 7) is 8.77. The van der Waals surface area contributed by atoms with E-state index in [0.717, 1.165) is 13.2 Å². The van der Waals surface area contributed by atoms with Gasteiger partial charge in [0.05, 0.1) is 0 Å². The van der Waals surface area contributed by atoms with E-state index in [-0.39, 0.29) is 0 Å². The molecule has 0 spiro atoms. The van der Waals surface area contributed by atoms with Crippen LogP contribution in [0.5, 0.6) is 0 Å². The third-order valence-electron chi connectivity index (χ3n) is 1.75. The average molecular weight is 160 g/mol. The highest BCUT2D eigenvalue weighted by Crippen LogP contribution is 1.91. The van der Waals surface area contributed by atoms with Crippen LogP contribution in [0.2, 0.25) is 12.1 Å². The quantitative estimate of drug-likeness (QED) is 0.343. The molecule has 2 N–H and O–H groups in total. The first-order chi connectivity index (χ1) is 4.85. The molecule has 0 saturated carbocycles. The Morgan fingerprint density at radius 2 is 1.70 bits per heavy atom. The predicted octanol–water partition coefficient (Wildman–Crippen LogP) is 0.907. The average Bonchev–Trinajstić information content (AvgIpc) is 1.99. The molecule has 0 aliphatic heterocycles. The Labute approximate surface area is 66.1 Å². The van der Waals surface area contributed by atoms with Crippen LogP contribution in [0.25, 0.3) is 0 Å². The number of hydrogen-bond donors (Lipinski definition) is 2. The molecule has 3 heteroatoms. The molecule has 0 saturated heterocycles. The lowest BCUT2D eigenvalue weighted by Gasteiger charge is -2.12. The fourth-order valence-electron chi connectivity index (χ4n) is 0.919. The molecule has 0 radical (unpaired) electrons. The Morgan fingerprint density at radius 3 is 2.10 bits per heavy atom. The maximum Gasteiger partial charge on any atom is 0.109 e. The third kappa shape index (κ3) is 4.96. The minimum atomic E-state index is -0.536. The van der Waals surface area contributed by atoms with Gasteiger partial charge in [-0.3, -0.25) is 0 Å². The zero-order valence-corrected chi connectivity index (χ0v) is 8.56. The van der Waals surface area contributed by atoms with Gasteiger partial charge in [0, 0.05) is 6.67 Å². The molecule has 0 bridgehead atoms. The summed E-state index contributed by atoms with van der Waals surface area (Å²) in [5, 5.41) is 3.27. The van der Waals surface area contributed by atoms with E-state index in [2.05, 4.69) is 31.1 Å². The van der Waals surface area contributed by atoms with E-state index in [9.17, 15) is 0 Å². The molecule has 0 atom stereocenters. The molecule has 0 fully saturated rings. The molecule has 0 heterocycles. The second kappa shape index (κ2) is 7.25. The third-order valence-corrected chi connectivity index (χ3v) is 4.50. The topological polar surface area (TPSA) is 24.1 Å². The Hall–Kier alpha value is 0.137. The molecule has 2 nitrogen and oxygen atoms in total. The summed E-state index contributed by atoms with van der Waals surface area (Å²) in [4.78, 5) is 3.55. The monoisotopic (exact) mass is 160 g/mol. The standard InChI is InChI=1S/C7H20N2Si/c1-4-8-7-9-10(5-2)6-3/h8-10H,4-7H2,1-3H3. The highest BCUT2D eigenvalue weighted by atomic mass is 28.3. The SMILES string of the molecule is CCNCN[SiH](CC)CC. The summed E-state index contributed by atoms with van der Waals surface area (Å²) >= 11 is 0. The maximum absolute atomic E-state index is 3.55. The molecule has 0 aromatic carbocycles. The summed E-state index contributed by atoms with van der Waals surface area (Å²) < 4.78 is 0. The molecule has 0 aromatic rings. The normalized spacial score (nSPS) is 10.8. The molecule has 10 heavy (non-hydrogen) atoms. The maximum atomic E-state index is 3.55. The van der Waals surface area contributed by atoms with Gasteiger partial charge in [0.15, 0.2) is 0 Å². The van der Waals surface area contributed by atoms with Crippen molar-refractivity contribution in [2.75, 3.05) is 13.2 Å². The predicted molar refractivity (Wildman–Crippen MR) is 49.8 cm³/mol. The Balaban J connectivity index is 3.09. The molecule has 0 rings (SSSR count). The second-order valence-corrected chi connectivity index (χ2v) is 5.93. The molecule has 62 valence electrons. The van der Waals surface area contributed by atoms with Gasteiger partial charge >= 0.3 is 0 Å². The van der Waals surface area contributed by atoms with Crippen molar-refractivity contribution in [3.05, 3.63) is 0 Å². The van der Waals surface area contributed by atoms with Gasteiger partial charge in [0.1, 0.15) is 8.96 Å². The van der Waals surface area contributed by atoms with Gasteiger partial charge in [0.25, 0.3) is 0 Å². The van der Waals surface area contributed by atoms with Gasteiger partial charge in [-0.2, -0.15) is 0 Å². The molecule has 0 unspecified atom stereocenters. The van der Waals surface area contributed by atoms with Gasteiger partial charge in [-0.1, -0.05) is 20.8 Å². The molecule has 0 aliphatic carbocycles. The lowest BCUT2D eigenvalue weighted by atomic mass is 10.8. The van der Waals surface area contributed by atoms with Crippen LogP contribution >= 0.6 is 0 Å². The van der Waals surface area contributed by atoms with Crippen molar-refractivity contribution >= 4 is 8.96 Å². The van der Waals surface area contributed by atoms with Gasteiger partial charge in [-0.25, -0.2) is 0 Å². The number of hydrogen-bond acceptors (Lipinski definition) is 2. The Kier molecular flexibility index (Phi) is 7.35. The first-order valence-electron chi connectivity index (χ1n) is 4.29. The van der Waals surface area contributed by atoms with Crippen LogP contribution in [0.3, 0.4) is 0 Å². The summed E-state index contributed by atoms with van der Waals surface area (Å²) in [7, 11) is -0.536. The van der Waals surface area contributed by atoms with Gasteiger partial charge in [-0.05, 0) is 18.6 Å². The molecular weight excluding hydrogens is 140 g/mol. The first-order valence-corrected chi connectivity index (χ1v) is 6.50. The lowest BCUT2D eigenvalue weighted by molar-refractivity contribution is 0.696. The Morgan fingerprint density at radius 1 is 1.10 bits per heavy atom. The molecule has 0 aliphatic rings. The van der Waals surface area contributed by atoms with Crippen molar-refractivity contribution in [2.45, 2.75) is 32.9 Å². The van der Waals surface area contributed by atoms with E-state index in [1.165, 1.54) is 12.1 Å². The van der Waals surface area contributed by atoms with Crippen LogP contribution in [0, 0.1) is 0 Å². The van der Waals surface area contributed by atoms with Crippen LogP contribution in [-0.2, 0) is 0 Å². The van der Waals surface area contributed by atoms with E-state index < -0.39 is 8.96 Å². The van der Waals surface area contributed by atoms with Crippen LogP contribution in [0.4, 0.5) is 0 Å². The zero-order chi connectivity index (χ0) is 7.82. The lowest BCUT2D eigenvalue weighted by Crippen LogP contribution is -2.39. The molecular formula is C7H20N2Si. The van der Waals surface area contributed by atoms with E-state index in [4.69, 9.17) is 0 Å². The van der Waals surface area contributed by atoms with E-state index in [1.807, 2.05) is 0 Å². The van der Waals surface area contributed by atoms with Gasteiger partial charge in [0.2, 0.25) is 0 Å². The molecule has 0 amide bonds. The largest absolute Gasteiger partial charge is 0.328 e. The van der Waals surface area contributed by atoms with Gasteiger partial charge < -0.3 is 10.3 Å². The smallest absolute Gasteiger partial charge is 0.109 e. The number of rotatable bonds is 6. The second-order valence-electron chi connectivity index (χ2n) is 2.50. The van der Waals surface area contributed by atoms with Crippen LogP contribution < -0.4 is 10.3 Å².